The number of hydrogen-bond acceptors (Lipinski definition) is 4. The predicted molar refractivity (Wildman–Crippen MR) is 77.6 cm³/mol. The fourth-order valence-corrected chi connectivity index (χ4v) is 2.60. The van der Waals surface area contributed by atoms with Crippen LogP contribution in [0.3, 0.4) is 0 Å². The first-order valence-corrected chi connectivity index (χ1v) is 7.43. The van der Waals surface area contributed by atoms with Crippen molar-refractivity contribution in [3.8, 4) is 0 Å². The summed E-state index contributed by atoms with van der Waals surface area (Å²) in [7, 11) is 0. The normalized spacial score (nSPS) is 24.3. The highest BCUT2D eigenvalue weighted by molar-refractivity contribution is 6.29. The third kappa shape index (κ3) is 4.05. The van der Waals surface area contributed by atoms with Gasteiger partial charge in [-0.3, -0.25) is 0 Å². The molecule has 2 N–H and O–H groups in total. The van der Waals surface area contributed by atoms with Crippen LogP contribution in [0.4, 0.5) is 5.82 Å². The highest BCUT2D eigenvalue weighted by atomic mass is 35.5. The molecular formula is C14H22ClN3O. The largest absolute Gasteiger partial charge is 0.391 e. The molecule has 1 saturated carbocycles. The molecule has 0 saturated heterocycles. The highest BCUT2D eigenvalue weighted by Crippen LogP contribution is 2.23. The van der Waals surface area contributed by atoms with Gasteiger partial charge in [0.1, 0.15) is 16.8 Å². The van der Waals surface area contributed by atoms with E-state index in [0.29, 0.717) is 5.15 Å². The summed E-state index contributed by atoms with van der Waals surface area (Å²) in [5, 5.41) is 13.9. The Morgan fingerprint density at radius 3 is 2.74 bits per heavy atom. The second-order valence-corrected chi connectivity index (χ2v) is 5.93. The molecule has 0 aliphatic heterocycles. The smallest absolute Gasteiger partial charge is 0.135 e. The maximum absolute atomic E-state index is 10.1. The number of aliphatic hydroxyl groups is 1. The zero-order valence-corrected chi connectivity index (χ0v) is 12.3. The molecule has 0 aromatic carbocycles. The molecule has 2 rings (SSSR count). The summed E-state index contributed by atoms with van der Waals surface area (Å²) in [6.07, 6.45) is 4.95. The van der Waals surface area contributed by atoms with Gasteiger partial charge in [-0.25, -0.2) is 9.97 Å². The van der Waals surface area contributed by atoms with E-state index in [1.165, 1.54) is 6.42 Å². The first-order chi connectivity index (χ1) is 9.06. The quantitative estimate of drug-likeness (QED) is 0.660. The lowest BCUT2D eigenvalue weighted by molar-refractivity contribution is 0.144. The van der Waals surface area contributed by atoms with Gasteiger partial charge in [0.25, 0.3) is 0 Å². The van der Waals surface area contributed by atoms with Crippen molar-refractivity contribution in [1.82, 2.24) is 9.97 Å². The van der Waals surface area contributed by atoms with E-state index in [4.69, 9.17) is 11.6 Å². The minimum absolute atomic E-state index is 0.0634. The third-order valence-electron chi connectivity index (χ3n) is 3.54. The average Bonchev–Trinajstić information content (AvgIpc) is 2.54. The summed E-state index contributed by atoms with van der Waals surface area (Å²) in [4.78, 5) is 8.69. The predicted octanol–water partition coefficient (Wildman–Crippen LogP) is 3.36. The Bertz CT molecular complexity index is 425. The van der Waals surface area contributed by atoms with Crippen LogP contribution in [0.1, 0.15) is 57.7 Å². The topological polar surface area (TPSA) is 58.0 Å². The summed E-state index contributed by atoms with van der Waals surface area (Å²) in [5.74, 6) is 1.69. The lowest BCUT2D eigenvalue weighted by atomic mass is 10.1. The first kappa shape index (κ1) is 14.5. The SMILES string of the molecule is CC(C)c1nc(Cl)cc(NC2CCCCCC2O)n1. The van der Waals surface area contributed by atoms with E-state index in [1.807, 2.05) is 13.8 Å². The van der Waals surface area contributed by atoms with Gasteiger partial charge in [-0.2, -0.15) is 0 Å². The van der Waals surface area contributed by atoms with Crippen LogP contribution in [-0.2, 0) is 0 Å². The molecule has 19 heavy (non-hydrogen) atoms. The summed E-state index contributed by atoms with van der Waals surface area (Å²) >= 11 is 6.03. The van der Waals surface area contributed by atoms with Crippen LogP contribution < -0.4 is 5.32 Å². The van der Waals surface area contributed by atoms with Crippen LogP contribution in [0, 0.1) is 0 Å². The van der Waals surface area contributed by atoms with Crippen molar-refractivity contribution in [2.45, 2.75) is 64.0 Å². The Labute approximate surface area is 119 Å². The van der Waals surface area contributed by atoms with E-state index in [1.54, 1.807) is 6.07 Å². The van der Waals surface area contributed by atoms with E-state index in [2.05, 4.69) is 15.3 Å². The van der Waals surface area contributed by atoms with E-state index >= 15 is 0 Å². The zero-order valence-electron chi connectivity index (χ0n) is 11.6. The summed E-state index contributed by atoms with van der Waals surface area (Å²) in [5.41, 5.74) is 0. The maximum atomic E-state index is 10.1. The number of aromatic nitrogens is 2. The fourth-order valence-electron chi connectivity index (χ4n) is 2.41. The van der Waals surface area contributed by atoms with Gasteiger partial charge >= 0.3 is 0 Å². The Morgan fingerprint density at radius 2 is 2.00 bits per heavy atom. The van der Waals surface area contributed by atoms with Crippen molar-refractivity contribution >= 4 is 17.4 Å². The second-order valence-electron chi connectivity index (χ2n) is 5.54. The molecule has 0 spiro atoms. The van der Waals surface area contributed by atoms with Crippen LogP contribution in [0.2, 0.25) is 5.15 Å². The monoisotopic (exact) mass is 283 g/mol. The van der Waals surface area contributed by atoms with E-state index in [-0.39, 0.29) is 18.1 Å². The van der Waals surface area contributed by atoms with Gasteiger partial charge < -0.3 is 10.4 Å². The first-order valence-electron chi connectivity index (χ1n) is 7.05. The van der Waals surface area contributed by atoms with Gasteiger partial charge in [-0.1, -0.05) is 44.7 Å². The molecule has 1 aliphatic carbocycles. The number of anilines is 1. The Balaban J connectivity index is 2.13. The highest BCUT2D eigenvalue weighted by Gasteiger charge is 2.22. The standard InChI is InChI=1S/C14H22ClN3O/c1-9(2)14-17-12(15)8-13(18-14)16-10-6-4-3-5-7-11(10)19/h8-11,19H,3-7H2,1-2H3,(H,16,17,18). The van der Waals surface area contributed by atoms with Crippen molar-refractivity contribution in [3.63, 3.8) is 0 Å². The maximum Gasteiger partial charge on any atom is 0.135 e. The number of nitrogens with zero attached hydrogens (tertiary/aromatic N) is 2. The van der Waals surface area contributed by atoms with E-state index < -0.39 is 0 Å². The molecule has 0 radical (unpaired) electrons. The molecular weight excluding hydrogens is 262 g/mol. The van der Waals surface area contributed by atoms with Crippen molar-refractivity contribution in [1.29, 1.82) is 0 Å². The molecule has 2 atom stereocenters. The van der Waals surface area contributed by atoms with E-state index in [0.717, 1.165) is 37.3 Å². The number of nitrogens with one attached hydrogen (secondary N) is 1. The number of hydrogen-bond donors (Lipinski definition) is 2. The van der Waals surface area contributed by atoms with Gasteiger partial charge in [0, 0.05) is 12.0 Å². The lowest BCUT2D eigenvalue weighted by Gasteiger charge is -2.22. The van der Waals surface area contributed by atoms with Gasteiger partial charge in [0.15, 0.2) is 0 Å². The lowest BCUT2D eigenvalue weighted by Crippen LogP contribution is -2.32. The minimum Gasteiger partial charge on any atom is -0.391 e. The van der Waals surface area contributed by atoms with Crippen molar-refractivity contribution in [2.24, 2.45) is 0 Å². The number of rotatable bonds is 3. The Hall–Kier alpha value is -0.870. The molecule has 1 heterocycles. The Kier molecular flexibility index (Phi) is 4.99. The molecule has 4 nitrogen and oxygen atoms in total. The van der Waals surface area contributed by atoms with Gasteiger partial charge in [-0.15, -0.1) is 0 Å². The van der Waals surface area contributed by atoms with Crippen LogP contribution >= 0.6 is 11.6 Å². The molecule has 1 aromatic heterocycles. The van der Waals surface area contributed by atoms with Crippen LogP contribution in [-0.4, -0.2) is 27.2 Å². The zero-order chi connectivity index (χ0) is 13.8. The molecule has 1 aromatic rings. The van der Waals surface area contributed by atoms with Gasteiger partial charge in [0.2, 0.25) is 0 Å². The fraction of sp³-hybridized carbons (Fsp3) is 0.714. The van der Waals surface area contributed by atoms with E-state index in [9.17, 15) is 5.11 Å². The number of aliphatic hydroxyl groups excluding tert-OH is 1. The van der Waals surface area contributed by atoms with Gasteiger partial charge in [0.05, 0.1) is 12.1 Å². The Morgan fingerprint density at radius 1 is 1.26 bits per heavy atom. The second kappa shape index (κ2) is 6.53. The summed E-state index contributed by atoms with van der Waals surface area (Å²) in [6, 6.07) is 1.79. The third-order valence-corrected chi connectivity index (χ3v) is 3.73. The summed E-state index contributed by atoms with van der Waals surface area (Å²) < 4.78 is 0. The molecule has 0 bridgehead atoms. The molecule has 5 heteroatoms. The molecule has 106 valence electrons. The average molecular weight is 284 g/mol. The van der Waals surface area contributed by atoms with Crippen LogP contribution in [0.5, 0.6) is 0 Å². The molecule has 1 aliphatic rings. The molecule has 2 unspecified atom stereocenters. The molecule has 0 amide bonds. The van der Waals surface area contributed by atoms with Crippen molar-refractivity contribution in [2.75, 3.05) is 5.32 Å². The van der Waals surface area contributed by atoms with Crippen LogP contribution in [0.25, 0.3) is 0 Å². The van der Waals surface area contributed by atoms with Crippen molar-refractivity contribution in [3.05, 3.63) is 17.0 Å². The van der Waals surface area contributed by atoms with Gasteiger partial charge in [-0.05, 0) is 12.8 Å². The molecule has 1 fully saturated rings. The minimum atomic E-state index is -0.307. The number of halogens is 1. The summed E-state index contributed by atoms with van der Waals surface area (Å²) in [6.45, 7) is 4.08. The van der Waals surface area contributed by atoms with Crippen LogP contribution in [0.15, 0.2) is 6.07 Å². The van der Waals surface area contributed by atoms with Crippen molar-refractivity contribution < 1.29 is 5.11 Å².